The standard InChI is InChI=1S/C25H30N2O4/c1-4-30-23-16-20-14-18(2)31-24(20)15-19(23)8-9-25(28)27-12-10-26(11-13-27)21-6-5-7-22(17-21)29-3/h5-9,15-18H,4,10-14H2,1-3H3/b9-8+/t18-/m1/s1. The highest BCUT2D eigenvalue weighted by molar-refractivity contribution is 5.92. The second-order valence-corrected chi connectivity index (χ2v) is 7.91. The van der Waals surface area contributed by atoms with Crippen LogP contribution in [0.4, 0.5) is 5.69 Å². The molecular formula is C25H30N2O4. The van der Waals surface area contributed by atoms with E-state index in [0.717, 1.165) is 53.6 Å². The summed E-state index contributed by atoms with van der Waals surface area (Å²) >= 11 is 0. The van der Waals surface area contributed by atoms with Gasteiger partial charge in [-0.1, -0.05) is 6.07 Å². The number of methoxy groups -OCH3 is 1. The van der Waals surface area contributed by atoms with Gasteiger partial charge in [0.05, 0.1) is 13.7 Å². The highest BCUT2D eigenvalue weighted by Crippen LogP contribution is 2.35. The van der Waals surface area contributed by atoms with E-state index in [4.69, 9.17) is 14.2 Å². The molecule has 1 atom stereocenters. The van der Waals surface area contributed by atoms with E-state index in [-0.39, 0.29) is 12.0 Å². The molecular weight excluding hydrogens is 392 g/mol. The summed E-state index contributed by atoms with van der Waals surface area (Å²) in [5.74, 6) is 2.54. The highest BCUT2D eigenvalue weighted by atomic mass is 16.5. The number of benzene rings is 2. The van der Waals surface area contributed by atoms with Gasteiger partial charge in [-0.15, -0.1) is 0 Å². The van der Waals surface area contributed by atoms with Crippen molar-refractivity contribution in [2.24, 2.45) is 0 Å². The van der Waals surface area contributed by atoms with Crippen LogP contribution in [0.2, 0.25) is 0 Å². The topological polar surface area (TPSA) is 51.2 Å². The molecule has 1 amide bonds. The van der Waals surface area contributed by atoms with Gasteiger partial charge in [-0.25, -0.2) is 0 Å². The molecule has 0 saturated carbocycles. The predicted molar refractivity (Wildman–Crippen MR) is 122 cm³/mol. The maximum absolute atomic E-state index is 12.8. The Morgan fingerprint density at radius 1 is 1.19 bits per heavy atom. The second-order valence-electron chi connectivity index (χ2n) is 7.91. The van der Waals surface area contributed by atoms with Crippen LogP contribution in [0.3, 0.4) is 0 Å². The summed E-state index contributed by atoms with van der Waals surface area (Å²) in [4.78, 5) is 17.0. The summed E-state index contributed by atoms with van der Waals surface area (Å²) in [6.07, 6.45) is 4.54. The molecule has 0 N–H and O–H groups in total. The van der Waals surface area contributed by atoms with Crippen LogP contribution in [0.5, 0.6) is 17.2 Å². The number of carbonyl (C=O) groups is 1. The van der Waals surface area contributed by atoms with E-state index in [1.54, 1.807) is 13.2 Å². The fourth-order valence-electron chi connectivity index (χ4n) is 4.12. The Bertz CT molecular complexity index is 964. The molecule has 1 fully saturated rings. The zero-order valence-corrected chi connectivity index (χ0v) is 18.5. The van der Waals surface area contributed by atoms with Crippen molar-refractivity contribution in [1.29, 1.82) is 0 Å². The molecule has 4 rings (SSSR count). The van der Waals surface area contributed by atoms with Gasteiger partial charge in [0, 0.05) is 61.6 Å². The Morgan fingerprint density at radius 3 is 2.74 bits per heavy atom. The number of hydrogen-bond acceptors (Lipinski definition) is 5. The fraction of sp³-hybridized carbons (Fsp3) is 0.400. The lowest BCUT2D eigenvalue weighted by molar-refractivity contribution is -0.126. The third kappa shape index (κ3) is 4.79. The molecule has 6 heteroatoms. The van der Waals surface area contributed by atoms with Crippen LogP contribution in [0.1, 0.15) is 25.0 Å². The predicted octanol–water partition coefficient (Wildman–Crippen LogP) is 3.78. The molecule has 0 bridgehead atoms. The first kappa shape index (κ1) is 21.1. The number of rotatable bonds is 6. The largest absolute Gasteiger partial charge is 0.497 e. The van der Waals surface area contributed by atoms with E-state index in [0.29, 0.717) is 19.7 Å². The van der Waals surface area contributed by atoms with E-state index in [1.807, 2.05) is 48.2 Å². The van der Waals surface area contributed by atoms with E-state index in [2.05, 4.69) is 17.9 Å². The molecule has 2 aliphatic rings. The molecule has 0 spiro atoms. The first-order valence-corrected chi connectivity index (χ1v) is 10.9. The molecule has 0 aromatic heterocycles. The minimum absolute atomic E-state index is 0.0162. The first-order valence-electron chi connectivity index (χ1n) is 10.9. The van der Waals surface area contributed by atoms with Gasteiger partial charge in [-0.2, -0.15) is 0 Å². The molecule has 0 unspecified atom stereocenters. The Kier molecular flexibility index (Phi) is 6.35. The molecule has 2 aromatic rings. The van der Waals surface area contributed by atoms with Crippen molar-refractivity contribution in [2.45, 2.75) is 26.4 Å². The Labute approximate surface area is 184 Å². The van der Waals surface area contributed by atoms with Gasteiger partial charge in [0.1, 0.15) is 23.4 Å². The van der Waals surface area contributed by atoms with Gasteiger partial charge in [-0.3, -0.25) is 4.79 Å². The Morgan fingerprint density at radius 2 is 2.00 bits per heavy atom. The van der Waals surface area contributed by atoms with Crippen molar-refractivity contribution in [2.75, 3.05) is 44.8 Å². The minimum atomic E-state index is 0.0162. The average Bonchev–Trinajstić information content (AvgIpc) is 3.16. The van der Waals surface area contributed by atoms with Crippen LogP contribution in [-0.4, -0.2) is 56.8 Å². The molecule has 1 saturated heterocycles. The lowest BCUT2D eigenvalue weighted by Crippen LogP contribution is -2.48. The molecule has 0 radical (unpaired) electrons. The van der Waals surface area contributed by atoms with Crippen molar-refractivity contribution in [3.05, 3.63) is 53.6 Å². The van der Waals surface area contributed by atoms with Crippen LogP contribution < -0.4 is 19.1 Å². The maximum Gasteiger partial charge on any atom is 0.246 e. The van der Waals surface area contributed by atoms with Crippen molar-refractivity contribution in [3.63, 3.8) is 0 Å². The second kappa shape index (κ2) is 9.33. The van der Waals surface area contributed by atoms with E-state index in [9.17, 15) is 4.79 Å². The van der Waals surface area contributed by atoms with Crippen LogP contribution in [-0.2, 0) is 11.2 Å². The van der Waals surface area contributed by atoms with E-state index in [1.165, 1.54) is 0 Å². The van der Waals surface area contributed by atoms with E-state index >= 15 is 0 Å². The molecule has 31 heavy (non-hydrogen) atoms. The van der Waals surface area contributed by atoms with E-state index < -0.39 is 0 Å². The van der Waals surface area contributed by atoms with Gasteiger partial charge in [0.15, 0.2) is 0 Å². The van der Waals surface area contributed by atoms with Crippen molar-refractivity contribution < 1.29 is 19.0 Å². The zero-order valence-electron chi connectivity index (χ0n) is 18.5. The molecule has 0 aliphatic carbocycles. The Hall–Kier alpha value is -3.15. The van der Waals surface area contributed by atoms with Crippen molar-refractivity contribution in [1.82, 2.24) is 4.90 Å². The molecule has 2 aliphatic heterocycles. The number of ether oxygens (including phenoxy) is 3. The number of fused-ring (bicyclic) bond motifs is 1. The number of hydrogen-bond donors (Lipinski definition) is 0. The lowest BCUT2D eigenvalue weighted by atomic mass is 10.1. The quantitative estimate of drug-likeness (QED) is 0.663. The monoisotopic (exact) mass is 422 g/mol. The van der Waals surface area contributed by atoms with Crippen LogP contribution in [0, 0.1) is 0 Å². The van der Waals surface area contributed by atoms with Gasteiger partial charge in [-0.05, 0) is 44.2 Å². The number of anilines is 1. The summed E-state index contributed by atoms with van der Waals surface area (Å²) in [6, 6.07) is 12.1. The number of piperazine rings is 1. The minimum Gasteiger partial charge on any atom is -0.497 e. The van der Waals surface area contributed by atoms with Gasteiger partial charge in [0.2, 0.25) is 5.91 Å². The SMILES string of the molecule is CCOc1cc2c(cc1/C=C/C(=O)N1CCN(c3cccc(OC)c3)CC1)O[C@H](C)C2. The maximum atomic E-state index is 12.8. The number of nitrogens with zero attached hydrogens (tertiary/aromatic N) is 2. The van der Waals surface area contributed by atoms with Crippen LogP contribution in [0.25, 0.3) is 6.08 Å². The smallest absolute Gasteiger partial charge is 0.246 e. The van der Waals surface area contributed by atoms with Gasteiger partial charge < -0.3 is 24.0 Å². The molecule has 2 aromatic carbocycles. The molecule has 6 nitrogen and oxygen atoms in total. The van der Waals surface area contributed by atoms with Crippen LogP contribution in [0.15, 0.2) is 42.5 Å². The molecule has 164 valence electrons. The molecule has 2 heterocycles. The Balaban J connectivity index is 1.40. The number of amides is 1. The van der Waals surface area contributed by atoms with Crippen molar-refractivity contribution in [3.8, 4) is 17.2 Å². The third-order valence-corrected chi connectivity index (χ3v) is 5.74. The first-order chi connectivity index (χ1) is 15.1. The summed E-state index contributed by atoms with van der Waals surface area (Å²) in [6.45, 7) is 7.56. The van der Waals surface area contributed by atoms with Gasteiger partial charge >= 0.3 is 0 Å². The average molecular weight is 423 g/mol. The third-order valence-electron chi connectivity index (χ3n) is 5.74. The normalized spacial score (nSPS) is 18.1. The fourth-order valence-corrected chi connectivity index (χ4v) is 4.12. The summed E-state index contributed by atoms with van der Waals surface area (Å²) < 4.78 is 17.0. The van der Waals surface area contributed by atoms with Gasteiger partial charge in [0.25, 0.3) is 0 Å². The van der Waals surface area contributed by atoms with Crippen molar-refractivity contribution >= 4 is 17.7 Å². The summed E-state index contributed by atoms with van der Waals surface area (Å²) in [5.41, 5.74) is 3.15. The van der Waals surface area contributed by atoms with Crippen LogP contribution >= 0.6 is 0 Å². The lowest BCUT2D eigenvalue weighted by Gasteiger charge is -2.35. The summed E-state index contributed by atoms with van der Waals surface area (Å²) in [7, 11) is 1.67. The zero-order chi connectivity index (χ0) is 21.8. The summed E-state index contributed by atoms with van der Waals surface area (Å²) in [5, 5.41) is 0. The highest BCUT2D eigenvalue weighted by Gasteiger charge is 2.22. The number of carbonyl (C=O) groups excluding carboxylic acids is 1.